The predicted molar refractivity (Wildman–Crippen MR) is 83.7 cm³/mol. The van der Waals surface area contributed by atoms with E-state index in [4.69, 9.17) is 0 Å². The van der Waals surface area contributed by atoms with E-state index in [1.54, 1.807) is 52.4 Å². The van der Waals surface area contributed by atoms with Gasteiger partial charge in [-0.2, -0.15) is 0 Å². The van der Waals surface area contributed by atoms with E-state index >= 15 is 0 Å². The number of rotatable bonds is 2. The highest BCUT2D eigenvalue weighted by atomic mass is 127. The first-order valence-corrected chi connectivity index (χ1v) is 7.41. The number of aryl methyl sites for hydroxylation is 1. The fourth-order valence-electron chi connectivity index (χ4n) is 1.73. The third-order valence-electron chi connectivity index (χ3n) is 2.60. The second kappa shape index (κ2) is 4.93. The van der Waals surface area contributed by atoms with Gasteiger partial charge in [-0.05, 0) is 24.6 Å². The fraction of sp³-hybridized carbons (Fsp3) is 0.0769. The van der Waals surface area contributed by atoms with Gasteiger partial charge in [0, 0.05) is 40.5 Å². The third-order valence-corrected chi connectivity index (χ3v) is 4.22. The largest absolute Gasteiger partial charge is 0.280 e. The van der Waals surface area contributed by atoms with E-state index in [2.05, 4.69) is 15.0 Å². The number of hydrogen-bond donors (Lipinski definition) is 0. The van der Waals surface area contributed by atoms with Crippen LogP contribution in [0.15, 0.2) is 30.7 Å². The van der Waals surface area contributed by atoms with Gasteiger partial charge in [-0.15, -0.1) is 11.3 Å². The lowest BCUT2D eigenvalue weighted by molar-refractivity contribution is 0.110. The number of halogens is 1. The molecule has 4 nitrogen and oxygen atoms in total. The average Bonchev–Trinajstić information content (AvgIpc) is 2.81. The Morgan fingerprint density at radius 3 is 2.84 bits per heavy atom. The molecule has 0 N–H and O–H groups in total. The lowest BCUT2D eigenvalue weighted by Crippen LogP contribution is -1.91. The summed E-state index contributed by atoms with van der Waals surface area (Å²) in [6, 6.07) is 3.83. The van der Waals surface area contributed by atoms with E-state index in [0.717, 1.165) is 26.4 Å². The summed E-state index contributed by atoms with van der Waals surface area (Å²) in [4.78, 5) is 24.1. The number of pyridine rings is 2. The first kappa shape index (κ1) is 12.6. The summed E-state index contributed by atoms with van der Waals surface area (Å²) in [7, 11) is 0. The Balaban J connectivity index is 2.14. The minimum atomic E-state index is -0.0633. The molecule has 3 heterocycles. The van der Waals surface area contributed by atoms with Gasteiger partial charge in [0.1, 0.15) is 16.2 Å². The molecule has 0 aromatic carbocycles. The van der Waals surface area contributed by atoms with Gasteiger partial charge in [-0.1, -0.05) is 0 Å². The van der Waals surface area contributed by atoms with E-state index in [9.17, 15) is 4.79 Å². The van der Waals surface area contributed by atoms with Crippen molar-refractivity contribution in [3.05, 3.63) is 42.0 Å². The minimum Gasteiger partial charge on any atom is -0.280 e. The highest BCUT2D eigenvalue weighted by Gasteiger charge is 2.10. The van der Waals surface area contributed by atoms with Crippen molar-refractivity contribution >= 4 is 47.9 Å². The molecule has 0 aliphatic carbocycles. The van der Waals surface area contributed by atoms with Gasteiger partial charge in [-0.25, -0.2) is 9.97 Å². The highest BCUT2D eigenvalue weighted by molar-refractivity contribution is 14.1. The number of nitrogens with zero attached hydrogens (tertiary/aromatic N) is 3. The van der Waals surface area contributed by atoms with Gasteiger partial charge < -0.3 is 0 Å². The zero-order valence-electron chi connectivity index (χ0n) is 9.92. The van der Waals surface area contributed by atoms with Crippen LogP contribution in [0.25, 0.3) is 20.8 Å². The predicted octanol–water partition coefficient (Wildman–Crippen LogP) is 3.64. The summed E-state index contributed by atoms with van der Waals surface area (Å²) < 4.78 is 0.901. The maximum atomic E-state index is 11.3. The monoisotopic (exact) mass is 381 g/mol. The van der Waals surface area contributed by atoms with Gasteiger partial charge in [0.25, 0.3) is 0 Å². The summed E-state index contributed by atoms with van der Waals surface area (Å²) in [5.74, 6) is 0. The van der Waals surface area contributed by atoms with E-state index in [1.165, 1.54) is 0 Å². The Morgan fingerprint density at radius 2 is 2.11 bits per heavy atom. The molecule has 0 unspecified atom stereocenters. The van der Waals surface area contributed by atoms with Crippen molar-refractivity contribution in [3.8, 4) is 10.6 Å². The standard InChI is InChI=1S/C13H8IN3OS/c1-7-2-8(5-15-4-7)13-17-10-6-16-9(12(14)18)3-11(10)19-13/h2-6H,1H3. The summed E-state index contributed by atoms with van der Waals surface area (Å²) in [5, 5.41) is 0.894. The molecule has 0 spiro atoms. The molecule has 94 valence electrons. The van der Waals surface area contributed by atoms with Crippen LogP contribution in [0.4, 0.5) is 0 Å². The molecule has 0 saturated heterocycles. The van der Waals surface area contributed by atoms with Gasteiger partial charge in [0.2, 0.25) is 3.79 Å². The number of thiazole rings is 1. The van der Waals surface area contributed by atoms with Crippen LogP contribution in [0.5, 0.6) is 0 Å². The Morgan fingerprint density at radius 1 is 1.26 bits per heavy atom. The molecule has 0 aliphatic rings. The number of aromatic nitrogens is 3. The molecular weight excluding hydrogens is 373 g/mol. The summed E-state index contributed by atoms with van der Waals surface area (Å²) in [5.41, 5.74) is 3.36. The van der Waals surface area contributed by atoms with E-state index in [0.29, 0.717) is 5.69 Å². The van der Waals surface area contributed by atoms with Gasteiger partial charge in [-0.3, -0.25) is 9.78 Å². The zero-order valence-corrected chi connectivity index (χ0v) is 12.9. The van der Waals surface area contributed by atoms with Crippen molar-refractivity contribution in [3.63, 3.8) is 0 Å². The smallest absolute Gasteiger partial charge is 0.240 e. The zero-order chi connectivity index (χ0) is 13.4. The Kier molecular flexibility index (Phi) is 3.28. The molecule has 0 bridgehead atoms. The molecule has 0 amide bonds. The third kappa shape index (κ3) is 2.50. The van der Waals surface area contributed by atoms with Crippen LogP contribution in [-0.2, 0) is 0 Å². The number of carbonyl (C=O) groups is 1. The topological polar surface area (TPSA) is 55.7 Å². The minimum absolute atomic E-state index is 0.0633. The molecular formula is C13H8IN3OS. The van der Waals surface area contributed by atoms with Crippen LogP contribution < -0.4 is 0 Å². The lowest BCUT2D eigenvalue weighted by atomic mass is 10.2. The molecule has 0 aliphatic heterocycles. The molecule has 19 heavy (non-hydrogen) atoms. The normalized spacial score (nSPS) is 10.8. The van der Waals surface area contributed by atoms with E-state index in [-0.39, 0.29) is 3.79 Å². The van der Waals surface area contributed by atoms with Crippen LogP contribution in [0.2, 0.25) is 0 Å². The highest BCUT2D eigenvalue weighted by Crippen LogP contribution is 2.30. The van der Waals surface area contributed by atoms with Crippen molar-refractivity contribution in [2.45, 2.75) is 6.92 Å². The summed E-state index contributed by atoms with van der Waals surface area (Å²) >= 11 is 3.28. The van der Waals surface area contributed by atoms with E-state index < -0.39 is 0 Å². The van der Waals surface area contributed by atoms with Crippen LogP contribution in [0, 0.1) is 6.92 Å². The number of fused-ring (bicyclic) bond motifs is 1. The number of carbonyl (C=O) groups excluding carboxylic acids is 1. The lowest BCUT2D eigenvalue weighted by Gasteiger charge is -1.95. The molecule has 3 aromatic rings. The molecule has 0 fully saturated rings. The molecule has 3 aromatic heterocycles. The quantitative estimate of drug-likeness (QED) is 0.503. The molecule has 0 radical (unpaired) electrons. The maximum Gasteiger partial charge on any atom is 0.240 e. The maximum absolute atomic E-state index is 11.3. The van der Waals surface area contributed by atoms with Gasteiger partial charge in [0.05, 0.1) is 10.9 Å². The van der Waals surface area contributed by atoms with Crippen molar-refractivity contribution in [2.24, 2.45) is 0 Å². The Bertz CT molecular complexity index is 784. The summed E-state index contributed by atoms with van der Waals surface area (Å²) in [6.07, 6.45) is 5.25. The van der Waals surface area contributed by atoms with Crippen LogP contribution in [0.3, 0.4) is 0 Å². The van der Waals surface area contributed by atoms with Crippen LogP contribution >= 0.6 is 33.9 Å². The molecule has 6 heteroatoms. The van der Waals surface area contributed by atoms with Crippen molar-refractivity contribution in [1.82, 2.24) is 15.0 Å². The van der Waals surface area contributed by atoms with Crippen molar-refractivity contribution in [2.75, 3.05) is 0 Å². The first-order valence-electron chi connectivity index (χ1n) is 5.52. The van der Waals surface area contributed by atoms with Crippen LogP contribution in [-0.4, -0.2) is 18.7 Å². The Hall–Kier alpha value is -1.41. The van der Waals surface area contributed by atoms with Gasteiger partial charge in [0.15, 0.2) is 0 Å². The average molecular weight is 381 g/mol. The number of hydrogen-bond acceptors (Lipinski definition) is 5. The summed E-state index contributed by atoms with van der Waals surface area (Å²) in [6.45, 7) is 2.00. The second-order valence-corrected chi connectivity index (χ2v) is 6.09. The van der Waals surface area contributed by atoms with E-state index in [1.807, 2.05) is 19.2 Å². The first-order chi connectivity index (χ1) is 9.13. The molecule has 3 rings (SSSR count). The fourth-order valence-corrected chi connectivity index (χ4v) is 2.98. The Labute approximate surface area is 127 Å². The molecule has 0 atom stereocenters. The van der Waals surface area contributed by atoms with Crippen molar-refractivity contribution < 1.29 is 4.79 Å². The SMILES string of the molecule is Cc1cncc(-c2nc3cnc(C(=O)I)cc3s2)c1. The van der Waals surface area contributed by atoms with Crippen molar-refractivity contribution in [1.29, 1.82) is 0 Å². The molecule has 0 saturated carbocycles. The second-order valence-electron chi connectivity index (χ2n) is 4.08. The van der Waals surface area contributed by atoms with Crippen LogP contribution in [0.1, 0.15) is 16.1 Å². The van der Waals surface area contributed by atoms with Gasteiger partial charge >= 0.3 is 0 Å².